The molecule has 0 spiro atoms. The van der Waals surface area contributed by atoms with E-state index < -0.39 is 23.0 Å². The van der Waals surface area contributed by atoms with E-state index in [4.69, 9.17) is 14.2 Å². The van der Waals surface area contributed by atoms with E-state index in [1.807, 2.05) is 34.6 Å². The van der Waals surface area contributed by atoms with Crippen LogP contribution in [0, 0.1) is 0 Å². The maximum atomic E-state index is 12.7. The second kappa shape index (κ2) is 11.3. The van der Waals surface area contributed by atoms with Crippen LogP contribution in [0.5, 0.6) is 0 Å². The van der Waals surface area contributed by atoms with Gasteiger partial charge in [0.15, 0.2) is 5.79 Å². The van der Waals surface area contributed by atoms with Gasteiger partial charge in [0, 0.05) is 18.8 Å². The quantitative estimate of drug-likeness (QED) is 0.422. The first-order chi connectivity index (χ1) is 16.0. The third-order valence-corrected chi connectivity index (χ3v) is 6.61. The molecule has 1 aromatic carbocycles. The summed E-state index contributed by atoms with van der Waals surface area (Å²) in [4.78, 5) is 15.0. The summed E-state index contributed by atoms with van der Waals surface area (Å²) in [6, 6.07) is 6.91. The third-order valence-electron chi connectivity index (χ3n) is 6.61. The Labute approximate surface area is 206 Å². The molecule has 6 heteroatoms. The fraction of sp³-hybridized carbons (Fsp3) is 0.750. The second-order valence-corrected chi connectivity index (χ2v) is 11.5. The summed E-state index contributed by atoms with van der Waals surface area (Å²) in [5, 5.41) is 3.09. The molecule has 0 aliphatic carbocycles. The number of hydrogen-bond donors (Lipinski definition) is 1. The topological polar surface area (TPSA) is 60.0 Å². The fourth-order valence-electron chi connectivity index (χ4n) is 4.75. The van der Waals surface area contributed by atoms with Gasteiger partial charge >= 0.3 is 6.09 Å². The third kappa shape index (κ3) is 7.88. The fourth-order valence-corrected chi connectivity index (χ4v) is 4.75. The molecule has 0 unspecified atom stereocenters. The van der Waals surface area contributed by atoms with Gasteiger partial charge in [0.05, 0.1) is 13.2 Å². The van der Waals surface area contributed by atoms with Crippen LogP contribution in [0.4, 0.5) is 10.5 Å². The highest BCUT2D eigenvalue weighted by molar-refractivity contribution is 5.69. The standard InChI is InChI=1S/C28H46N2O4/c1-7-8-9-10-11-12-13-22-14-15-24-23(18-22)16-17-30(24)19-28(20-32-27(5,6)33-21-28)29-25(31)34-26(2,3)4/h14-15,18H,7-13,16-17,19-21H2,1-6H3,(H,29,31). The number of rotatable bonds is 10. The van der Waals surface area contributed by atoms with Crippen molar-refractivity contribution in [3.63, 3.8) is 0 Å². The van der Waals surface area contributed by atoms with E-state index in [1.54, 1.807) is 0 Å². The lowest BCUT2D eigenvalue weighted by molar-refractivity contribution is -0.269. The zero-order valence-electron chi connectivity index (χ0n) is 22.3. The smallest absolute Gasteiger partial charge is 0.408 e. The highest BCUT2D eigenvalue weighted by Gasteiger charge is 2.44. The molecule has 34 heavy (non-hydrogen) atoms. The van der Waals surface area contributed by atoms with Crippen LogP contribution in [-0.4, -0.2) is 49.3 Å². The van der Waals surface area contributed by atoms with Gasteiger partial charge in [-0.25, -0.2) is 4.79 Å². The first-order valence-electron chi connectivity index (χ1n) is 13.2. The molecule has 1 saturated heterocycles. The largest absolute Gasteiger partial charge is 0.444 e. The molecule has 2 aliphatic rings. The number of aryl methyl sites for hydroxylation is 1. The summed E-state index contributed by atoms with van der Waals surface area (Å²) < 4.78 is 17.5. The van der Waals surface area contributed by atoms with Crippen LogP contribution in [0.15, 0.2) is 18.2 Å². The minimum atomic E-state index is -0.670. The molecule has 2 aliphatic heterocycles. The Hall–Kier alpha value is -1.79. The number of benzene rings is 1. The number of unbranched alkanes of at least 4 members (excludes halogenated alkanes) is 5. The lowest BCUT2D eigenvalue weighted by Crippen LogP contribution is -2.66. The van der Waals surface area contributed by atoms with Crippen molar-refractivity contribution in [3.05, 3.63) is 29.3 Å². The SMILES string of the molecule is CCCCCCCCc1ccc2c(c1)CCN2CC1(NC(=O)OC(C)(C)C)COC(C)(C)OC1. The minimum absolute atomic E-state index is 0.376. The number of nitrogens with zero attached hydrogens (tertiary/aromatic N) is 1. The van der Waals surface area contributed by atoms with E-state index in [-0.39, 0.29) is 0 Å². The molecule has 6 nitrogen and oxygen atoms in total. The van der Waals surface area contributed by atoms with Crippen molar-refractivity contribution in [2.45, 2.75) is 110 Å². The summed E-state index contributed by atoms with van der Waals surface area (Å²) >= 11 is 0. The van der Waals surface area contributed by atoms with Gasteiger partial charge < -0.3 is 24.4 Å². The summed E-state index contributed by atoms with van der Waals surface area (Å²) in [5.74, 6) is -0.659. The highest BCUT2D eigenvalue weighted by atomic mass is 16.7. The molecule has 1 aromatic rings. The maximum absolute atomic E-state index is 12.7. The average molecular weight is 475 g/mol. The van der Waals surface area contributed by atoms with Gasteiger partial charge in [0.2, 0.25) is 0 Å². The van der Waals surface area contributed by atoms with Gasteiger partial charge in [-0.1, -0.05) is 51.2 Å². The van der Waals surface area contributed by atoms with Gasteiger partial charge in [0.1, 0.15) is 11.1 Å². The molecule has 0 saturated carbocycles. The Bertz CT molecular complexity index is 805. The first kappa shape index (κ1) is 26.8. The molecule has 0 radical (unpaired) electrons. The molecule has 0 bridgehead atoms. The zero-order chi connectivity index (χ0) is 24.8. The average Bonchev–Trinajstić information content (AvgIpc) is 3.13. The van der Waals surface area contributed by atoms with E-state index in [2.05, 4.69) is 35.3 Å². The molecule has 0 aromatic heterocycles. The van der Waals surface area contributed by atoms with Crippen molar-refractivity contribution in [1.29, 1.82) is 0 Å². The highest BCUT2D eigenvalue weighted by Crippen LogP contribution is 2.33. The van der Waals surface area contributed by atoms with E-state index >= 15 is 0 Å². The molecule has 192 valence electrons. The maximum Gasteiger partial charge on any atom is 0.408 e. The molecule has 1 fully saturated rings. The van der Waals surface area contributed by atoms with Crippen molar-refractivity contribution in [2.75, 3.05) is 31.2 Å². The number of carbonyl (C=O) groups is 1. The van der Waals surface area contributed by atoms with Crippen LogP contribution >= 0.6 is 0 Å². The minimum Gasteiger partial charge on any atom is -0.444 e. The van der Waals surface area contributed by atoms with Gasteiger partial charge in [-0.3, -0.25) is 0 Å². The van der Waals surface area contributed by atoms with Crippen molar-refractivity contribution >= 4 is 11.8 Å². The number of fused-ring (bicyclic) bond motifs is 1. The molecule has 3 rings (SSSR count). The molecule has 0 atom stereocenters. The Kier molecular flexibility index (Phi) is 8.91. The normalized spacial score (nSPS) is 19.1. The zero-order valence-corrected chi connectivity index (χ0v) is 22.3. The van der Waals surface area contributed by atoms with Crippen LogP contribution < -0.4 is 10.2 Å². The number of hydrogen-bond acceptors (Lipinski definition) is 5. The van der Waals surface area contributed by atoms with Crippen LogP contribution in [0.2, 0.25) is 0 Å². The molecule has 2 heterocycles. The summed E-state index contributed by atoms with van der Waals surface area (Å²) in [6.45, 7) is 14.0. The second-order valence-electron chi connectivity index (χ2n) is 11.5. The van der Waals surface area contributed by atoms with E-state index in [0.717, 1.165) is 19.4 Å². The van der Waals surface area contributed by atoms with Crippen molar-refractivity contribution in [1.82, 2.24) is 5.32 Å². The van der Waals surface area contributed by atoms with E-state index in [0.29, 0.717) is 19.8 Å². The molecule has 1 N–H and O–H groups in total. The Morgan fingerprint density at radius 2 is 1.76 bits per heavy atom. The van der Waals surface area contributed by atoms with Crippen LogP contribution in [-0.2, 0) is 27.1 Å². The van der Waals surface area contributed by atoms with Gasteiger partial charge in [-0.05, 0) is 71.1 Å². The molecular weight excluding hydrogens is 428 g/mol. The number of ether oxygens (including phenoxy) is 3. The summed E-state index contributed by atoms with van der Waals surface area (Å²) in [5.41, 5.74) is 2.85. The first-order valence-corrected chi connectivity index (χ1v) is 13.2. The summed E-state index contributed by atoms with van der Waals surface area (Å²) in [7, 11) is 0. The number of nitrogens with one attached hydrogen (secondary N) is 1. The van der Waals surface area contributed by atoms with E-state index in [1.165, 1.54) is 55.3 Å². The van der Waals surface area contributed by atoms with Crippen LogP contribution in [0.25, 0.3) is 0 Å². The van der Waals surface area contributed by atoms with Crippen molar-refractivity contribution < 1.29 is 19.0 Å². The van der Waals surface area contributed by atoms with Crippen molar-refractivity contribution in [2.24, 2.45) is 0 Å². The lowest BCUT2D eigenvalue weighted by Gasteiger charge is -2.45. The predicted octanol–water partition coefficient (Wildman–Crippen LogP) is 6.00. The van der Waals surface area contributed by atoms with Gasteiger partial charge in [-0.2, -0.15) is 0 Å². The van der Waals surface area contributed by atoms with Gasteiger partial charge in [-0.15, -0.1) is 0 Å². The van der Waals surface area contributed by atoms with Crippen LogP contribution in [0.3, 0.4) is 0 Å². The summed E-state index contributed by atoms with van der Waals surface area (Å²) in [6.07, 6.45) is 9.68. The predicted molar refractivity (Wildman–Crippen MR) is 138 cm³/mol. The lowest BCUT2D eigenvalue weighted by atomic mass is 9.98. The number of anilines is 1. The van der Waals surface area contributed by atoms with Crippen molar-refractivity contribution in [3.8, 4) is 0 Å². The Balaban J connectivity index is 1.64. The number of amides is 1. The van der Waals surface area contributed by atoms with Crippen LogP contribution in [0.1, 0.15) is 91.2 Å². The monoisotopic (exact) mass is 474 g/mol. The van der Waals surface area contributed by atoms with E-state index in [9.17, 15) is 4.79 Å². The Morgan fingerprint density at radius 1 is 1.09 bits per heavy atom. The molecular formula is C28H46N2O4. The number of carbonyl (C=O) groups excluding carboxylic acids is 1. The molecule has 1 amide bonds. The van der Waals surface area contributed by atoms with Gasteiger partial charge in [0.25, 0.3) is 0 Å². The number of alkyl carbamates (subject to hydrolysis) is 1. The Morgan fingerprint density at radius 3 is 2.44 bits per heavy atom.